The minimum absolute atomic E-state index is 0.977. The average molecular weight is 246 g/mol. The van der Waals surface area contributed by atoms with Crippen LogP contribution in [-0.4, -0.2) is 37.2 Å². The van der Waals surface area contributed by atoms with Crippen LogP contribution in [0.2, 0.25) is 0 Å². The van der Waals surface area contributed by atoms with E-state index in [4.69, 9.17) is 4.74 Å². The highest BCUT2D eigenvalue weighted by atomic mass is 16.5. The minimum Gasteiger partial charge on any atom is -0.496 e. The number of methoxy groups -OCH3 is 1. The van der Waals surface area contributed by atoms with Gasteiger partial charge in [-0.15, -0.1) is 0 Å². The lowest BCUT2D eigenvalue weighted by atomic mass is 10.1. The standard InChI is InChI=1S/C15H22N2O/c1-11-6-7-13(18-5)14-12(8-9-16(2)3)10-17(4)15(11)14/h6-7,10H,8-9H2,1-5H3. The molecule has 0 aliphatic carbocycles. The van der Waals surface area contributed by atoms with Gasteiger partial charge in [-0.3, -0.25) is 0 Å². The zero-order chi connectivity index (χ0) is 13.3. The van der Waals surface area contributed by atoms with Crippen molar-refractivity contribution in [2.75, 3.05) is 27.7 Å². The van der Waals surface area contributed by atoms with E-state index in [1.54, 1.807) is 7.11 Å². The molecule has 0 saturated heterocycles. The molecule has 2 rings (SSSR count). The van der Waals surface area contributed by atoms with Crippen LogP contribution in [-0.2, 0) is 13.5 Å². The van der Waals surface area contributed by atoms with Gasteiger partial charge in [-0.2, -0.15) is 0 Å². The molecule has 0 radical (unpaired) electrons. The third-order valence-electron chi connectivity index (χ3n) is 3.41. The van der Waals surface area contributed by atoms with Gasteiger partial charge >= 0.3 is 0 Å². The molecule has 0 spiro atoms. The van der Waals surface area contributed by atoms with Gasteiger partial charge in [-0.25, -0.2) is 0 Å². The Balaban J connectivity index is 2.56. The summed E-state index contributed by atoms with van der Waals surface area (Å²) in [7, 11) is 8.06. The Labute approximate surface area is 109 Å². The summed E-state index contributed by atoms with van der Waals surface area (Å²) in [4.78, 5) is 2.21. The van der Waals surface area contributed by atoms with Crippen LogP contribution >= 0.6 is 0 Å². The number of fused-ring (bicyclic) bond motifs is 1. The van der Waals surface area contributed by atoms with Gasteiger partial charge in [0.25, 0.3) is 0 Å². The highest BCUT2D eigenvalue weighted by Crippen LogP contribution is 2.32. The summed E-state index contributed by atoms with van der Waals surface area (Å²) in [5.74, 6) is 0.977. The summed E-state index contributed by atoms with van der Waals surface area (Å²) in [5, 5.41) is 1.27. The summed E-state index contributed by atoms with van der Waals surface area (Å²) in [6.45, 7) is 3.20. The SMILES string of the molecule is COc1ccc(C)c2c1c(CCN(C)C)cn2C. The minimum atomic E-state index is 0.977. The molecule has 3 heteroatoms. The topological polar surface area (TPSA) is 17.4 Å². The smallest absolute Gasteiger partial charge is 0.128 e. The fraction of sp³-hybridized carbons (Fsp3) is 0.467. The van der Waals surface area contributed by atoms with Crippen molar-refractivity contribution in [1.82, 2.24) is 9.47 Å². The number of aromatic nitrogens is 1. The first-order valence-electron chi connectivity index (χ1n) is 6.30. The van der Waals surface area contributed by atoms with Gasteiger partial charge in [0.05, 0.1) is 12.6 Å². The molecule has 0 N–H and O–H groups in total. The molecule has 0 unspecified atom stereocenters. The molecule has 98 valence electrons. The fourth-order valence-corrected chi connectivity index (χ4v) is 2.51. The number of hydrogen-bond donors (Lipinski definition) is 0. The van der Waals surface area contributed by atoms with Gasteiger partial charge in [0, 0.05) is 25.2 Å². The number of ether oxygens (including phenoxy) is 1. The van der Waals surface area contributed by atoms with Gasteiger partial charge in [0.15, 0.2) is 0 Å². The van der Waals surface area contributed by atoms with E-state index in [9.17, 15) is 0 Å². The number of hydrogen-bond acceptors (Lipinski definition) is 2. The first kappa shape index (κ1) is 13.0. The van der Waals surface area contributed by atoms with Crippen LogP contribution in [0.1, 0.15) is 11.1 Å². The van der Waals surface area contributed by atoms with E-state index in [2.05, 4.69) is 55.9 Å². The molecule has 1 heterocycles. The molecule has 0 aliphatic rings. The maximum absolute atomic E-state index is 5.52. The molecule has 3 nitrogen and oxygen atoms in total. The Kier molecular flexibility index (Phi) is 3.62. The Morgan fingerprint density at radius 3 is 2.61 bits per heavy atom. The van der Waals surface area contributed by atoms with E-state index < -0.39 is 0 Å². The van der Waals surface area contributed by atoms with Crippen molar-refractivity contribution in [2.45, 2.75) is 13.3 Å². The molecule has 0 atom stereocenters. The molecule has 1 aromatic heterocycles. The third-order valence-corrected chi connectivity index (χ3v) is 3.41. The lowest BCUT2D eigenvalue weighted by molar-refractivity contribution is 0.411. The molecule has 1 aromatic carbocycles. The molecule has 0 bridgehead atoms. The van der Waals surface area contributed by atoms with E-state index >= 15 is 0 Å². The highest BCUT2D eigenvalue weighted by Gasteiger charge is 2.13. The Morgan fingerprint density at radius 1 is 1.28 bits per heavy atom. The third kappa shape index (κ3) is 2.23. The number of likely N-dealkylation sites (N-methyl/N-ethyl adjacent to an activating group) is 1. The molecule has 0 amide bonds. The van der Waals surface area contributed by atoms with Crippen LogP contribution in [0.25, 0.3) is 10.9 Å². The van der Waals surface area contributed by atoms with Gasteiger partial charge in [-0.05, 0) is 44.6 Å². The summed E-state index contributed by atoms with van der Waals surface area (Å²) in [6.07, 6.45) is 3.27. The molecule has 0 fully saturated rings. The molecule has 2 aromatic rings. The molecular weight excluding hydrogens is 224 g/mol. The molecular formula is C15H22N2O. The first-order valence-corrected chi connectivity index (χ1v) is 6.30. The maximum Gasteiger partial charge on any atom is 0.128 e. The summed E-state index contributed by atoms with van der Waals surface area (Å²) < 4.78 is 7.72. The van der Waals surface area contributed by atoms with E-state index in [0.29, 0.717) is 0 Å². The zero-order valence-corrected chi connectivity index (χ0v) is 11.9. The fourth-order valence-electron chi connectivity index (χ4n) is 2.51. The van der Waals surface area contributed by atoms with Gasteiger partial charge in [0.2, 0.25) is 0 Å². The van der Waals surface area contributed by atoms with E-state index in [-0.39, 0.29) is 0 Å². The van der Waals surface area contributed by atoms with Crippen LogP contribution < -0.4 is 4.74 Å². The Bertz CT molecular complexity index is 555. The lowest BCUT2D eigenvalue weighted by Crippen LogP contribution is -2.14. The second-order valence-corrected chi connectivity index (χ2v) is 5.13. The van der Waals surface area contributed by atoms with Crippen molar-refractivity contribution in [1.29, 1.82) is 0 Å². The van der Waals surface area contributed by atoms with Crippen molar-refractivity contribution < 1.29 is 4.74 Å². The van der Waals surface area contributed by atoms with Crippen molar-refractivity contribution in [2.24, 2.45) is 7.05 Å². The monoisotopic (exact) mass is 246 g/mol. The number of nitrogens with zero attached hydrogens (tertiary/aromatic N) is 2. The van der Waals surface area contributed by atoms with Crippen molar-refractivity contribution in [3.63, 3.8) is 0 Å². The Hall–Kier alpha value is -1.48. The normalized spacial score (nSPS) is 11.4. The van der Waals surface area contributed by atoms with E-state index in [0.717, 1.165) is 18.7 Å². The van der Waals surface area contributed by atoms with Crippen LogP contribution in [0.15, 0.2) is 18.3 Å². The second-order valence-electron chi connectivity index (χ2n) is 5.13. The Morgan fingerprint density at radius 2 is 2.00 bits per heavy atom. The quantitative estimate of drug-likeness (QED) is 0.825. The number of benzene rings is 1. The van der Waals surface area contributed by atoms with Crippen LogP contribution in [0.4, 0.5) is 0 Å². The second kappa shape index (κ2) is 5.02. The van der Waals surface area contributed by atoms with Crippen LogP contribution in [0, 0.1) is 6.92 Å². The van der Waals surface area contributed by atoms with E-state index in [1.807, 2.05) is 0 Å². The highest BCUT2D eigenvalue weighted by molar-refractivity contribution is 5.92. The molecule has 18 heavy (non-hydrogen) atoms. The molecule has 0 aliphatic heterocycles. The first-order chi connectivity index (χ1) is 8.54. The van der Waals surface area contributed by atoms with Gasteiger partial charge < -0.3 is 14.2 Å². The van der Waals surface area contributed by atoms with Crippen molar-refractivity contribution in [3.8, 4) is 5.75 Å². The lowest BCUT2D eigenvalue weighted by Gasteiger charge is -2.10. The van der Waals surface area contributed by atoms with E-state index in [1.165, 1.54) is 22.0 Å². The largest absolute Gasteiger partial charge is 0.496 e. The van der Waals surface area contributed by atoms with Crippen molar-refractivity contribution >= 4 is 10.9 Å². The number of aryl methyl sites for hydroxylation is 2. The number of rotatable bonds is 4. The van der Waals surface area contributed by atoms with Crippen LogP contribution in [0.3, 0.4) is 0 Å². The van der Waals surface area contributed by atoms with Crippen LogP contribution in [0.5, 0.6) is 5.75 Å². The summed E-state index contributed by atoms with van der Waals surface area (Å²) in [5.41, 5.74) is 3.94. The predicted octanol–water partition coefficient (Wildman–Crippen LogP) is 2.60. The molecule has 0 saturated carbocycles. The predicted molar refractivity (Wildman–Crippen MR) is 76.5 cm³/mol. The average Bonchev–Trinajstić information content (AvgIpc) is 2.66. The van der Waals surface area contributed by atoms with Gasteiger partial charge in [0.1, 0.15) is 5.75 Å². The summed E-state index contributed by atoms with van der Waals surface area (Å²) in [6, 6.07) is 4.19. The maximum atomic E-state index is 5.52. The van der Waals surface area contributed by atoms with Crippen molar-refractivity contribution in [3.05, 3.63) is 29.5 Å². The summed E-state index contributed by atoms with van der Waals surface area (Å²) >= 11 is 0. The zero-order valence-electron chi connectivity index (χ0n) is 11.9. The van der Waals surface area contributed by atoms with Gasteiger partial charge in [-0.1, -0.05) is 6.07 Å².